The number of fused-ring (bicyclic) bond motifs is 1. The van der Waals surface area contributed by atoms with Crippen LogP contribution in [0.15, 0.2) is 48.5 Å². The molecule has 3 aromatic carbocycles. The highest BCUT2D eigenvalue weighted by atomic mass is 35.5. The van der Waals surface area contributed by atoms with Gasteiger partial charge in [0.25, 0.3) is 5.69 Å². The maximum Gasteiger partial charge on any atom is 0.269 e. The molecule has 0 aromatic heterocycles. The van der Waals surface area contributed by atoms with E-state index in [0.29, 0.717) is 10.8 Å². The molecule has 0 aliphatic rings. The monoisotopic (exact) mass is 331 g/mol. The van der Waals surface area contributed by atoms with Gasteiger partial charge in [0.05, 0.1) is 4.92 Å². The van der Waals surface area contributed by atoms with E-state index in [1.807, 2.05) is 0 Å². The lowest BCUT2D eigenvalue weighted by molar-refractivity contribution is -0.384. The fourth-order valence-electron chi connectivity index (χ4n) is 2.20. The number of non-ortho nitro benzene ring substituents is 1. The Morgan fingerprint density at radius 3 is 2.09 bits per heavy atom. The van der Waals surface area contributed by atoms with Gasteiger partial charge in [0.1, 0.15) is 16.5 Å². The Balaban J connectivity index is 2.08. The summed E-state index contributed by atoms with van der Waals surface area (Å²) in [5.41, 5.74) is -0.0889. The number of halogens is 1. The molecule has 0 unspecified atom stereocenters. The molecule has 7 heteroatoms. The summed E-state index contributed by atoms with van der Waals surface area (Å²) in [7, 11) is 0. The summed E-state index contributed by atoms with van der Waals surface area (Å²) in [5, 5.41) is 31.8. The van der Waals surface area contributed by atoms with Crippen LogP contribution in [0.25, 0.3) is 10.8 Å². The van der Waals surface area contributed by atoms with E-state index in [1.165, 1.54) is 24.3 Å². The Morgan fingerprint density at radius 2 is 1.52 bits per heavy atom. The van der Waals surface area contributed by atoms with Crippen LogP contribution in [0.2, 0.25) is 5.02 Å². The van der Waals surface area contributed by atoms with Crippen molar-refractivity contribution in [2.45, 2.75) is 0 Å². The van der Waals surface area contributed by atoms with Gasteiger partial charge in [0.15, 0.2) is 11.5 Å². The molecule has 0 saturated heterocycles. The van der Waals surface area contributed by atoms with Crippen LogP contribution in [0.5, 0.6) is 23.0 Å². The van der Waals surface area contributed by atoms with Gasteiger partial charge in [-0.05, 0) is 12.1 Å². The first-order chi connectivity index (χ1) is 11.0. The molecule has 6 nitrogen and oxygen atoms in total. The van der Waals surface area contributed by atoms with Crippen LogP contribution >= 0.6 is 11.6 Å². The Kier molecular flexibility index (Phi) is 3.67. The summed E-state index contributed by atoms with van der Waals surface area (Å²) < 4.78 is 5.50. The summed E-state index contributed by atoms with van der Waals surface area (Å²) in [6.07, 6.45) is 0. The van der Waals surface area contributed by atoms with Crippen molar-refractivity contribution in [1.82, 2.24) is 0 Å². The van der Waals surface area contributed by atoms with Gasteiger partial charge in [-0.3, -0.25) is 10.1 Å². The molecular formula is C16H10ClNO5. The molecule has 116 valence electrons. The summed E-state index contributed by atoms with van der Waals surface area (Å²) in [4.78, 5) is 10.1. The first kappa shape index (κ1) is 14.9. The van der Waals surface area contributed by atoms with Crippen molar-refractivity contribution < 1.29 is 19.9 Å². The van der Waals surface area contributed by atoms with Crippen molar-refractivity contribution in [2.24, 2.45) is 0 Å². The molecule has 0 atom stereocenters. The highest BCUT2D eigenvalue weighted by Crippen LogP contribution is 2.49. The van der Waals surface area contributed by atoms with Crippen molar-refractivity contribution >= 4 is 28.1 Å². The smallest absolute Gasteiger partial charge is 0.269 e. The molecule has 3 rings (SSSR count). The Bertz CT molecular complexity index is 908. The zero-order valence-corrected chi connectivity index (χ0v) is 12.3. The largest absolute Gasteiger partial charge is 0.506 e. The average Bonchev–Trinajstić information content (AvgIpc) is 2.57. The van der Waals surface area contributed by atoms with Gasteiger partial charge >= 0.3 is 0 Å². The third-order valence-corrected chi connectivity index (χ3v) is 3.68. The average molecular weight is 332 g/mol. The molecule has 0 aliphatic carbocycles. The minimum atomic E-state index is -0.532. The number of rotatable bonds is 3. The number of nitro benzene ring substituents is 1. The number of phenolic OH excluding ortho intramolecular Hbond substituents is 2. The molecule has 23 heavy (non-hydrogen) atoms. The summed E-state index contributed by atoms with van der Waals surface area (Å²) in [6, 6.07) is 11.9. The van der Waals surface area contributed by atoms with E-state index in [4.69, 9.17) is 16.3 Å². The molecule has 0 radical (unpaired) electrons. The SMILES string of the molecule is O=[N+]([O-])c1ccc(Oc2c(Cl)c(O)c3ccccc3c2O)cc1. The fraction of sp³-hybridized carbons (Fsp3) is 0. The highest BCUT2D eigenvalue weighted by Gasteiger charge is 2.19. The molecule has 0 heterocycles. The standard InChI is InChI=1S/C16H10ClNO5/c17-13-14(19)11-3-1-2-4-12(11)15(20)16(13)23-10-7-5-9(6-8-10)18(21)22/h1-8,19-20H. The van der Waals surface area contributed by atoms with Crippen molar-refractivity contribution in [3.8, 4) is 23.0 Å². The maximum absolute atomic E-state index is 10.6. The number of aromatic hydroxyl groups is 2. The van der Waals surface area contributed by atoms with Crippen molar-refractivity contribution in [3.63, 3.8) is 0 Å². The van der Waals surface area contributed by atoms with E-state index in [-0.39, 0.29) is 33.7 Å². The molecule has 0 bridgehead atoms. The van der Waals surface area contributed by atoms with E-state index >= 15 is 0 Å². The Morgan fingerprint density at radius 1 is 0.957 bits per heavy atom. The second-order valence-corrected chi connectivity index (χ2v) is 5.12. The number of nitro groups is 1. The van der Waals surface area contributed by atoms with Crippen molar-refractivity contribution in [2.75, 3.05) is 0 Å². The summed E-state index contributed by atoms with van der Waals surface area (Å²) in [5.74, 6) is -0.307. The summed E-state index contributed by atoms with van der Waals surface area (Å²) in [6.45, 7) is 0. The van der Waals surface area contributed by atoms with E-state index in [0.717, 1.165) is 0 Å². The predicted molar refractivity (Wildman–Crippen MR) is 85.5 cm³/mol. The van der Waals surface area contributed by atoms with E-state index in [9.17, 15) is 20.3 Å². The molecule has 0 amide bonds. The van der Waals surface area contributed by atoms with Crippen LogP contribution in [0.4, 0.5) is 5.69 Å². The van der Waals surface area contributed by atoms with Crippen LogP contribution in [-0.2, 0) is 0 Å². The van der Waals surface area contributed by atoms with Gasteiger partial charge in [0.2, 0.25) is 0 Å². The number of phenols is 2. The number of nitrogens with zero attached hydrogens (tertiary/aromatic N) is 1. The normalized spacial score (nSPS) is 10.7. The first-order valence-electron chi connectivity index (χ1n) is 6.53. The van der Waals surface area contributed by atoms with E-state index in [2.05, 4.69) is 0 Å². The van der Waals surface area contributed by atoms with Gasteiger partial charge in [-0.1, -0.05) is 35.9 Å². The third-order valence-electron chi connectivity index (χ3n) is 3.33. The summed E-state index contributed by atoms with van der Waals surface area (Å²) >= 11 is 6.07. The first-order valence-corrected chi connectivity index (χ1v) is 6.91. The molecule has 3 aromatic rings. The van der Waals surface area contributed by atoms with Crippen LogP contribution in [0.1, 0.15) is 0 Å². The molecule has 0 fully saturated rings. The van der Waals surface area contributed by atoms with E-state index in [1.54, 1.807) is 24.3 Å². The van der Waals surface area contributed by atoms with Crippen molar-refractivity contribution in [3.05, 3.63) is 63.7 Å². The van der Waals surface area contributed by atoms with Crippen molar-refractivity contribution in [1.29, 1.82) is 0 Å². The van der Waals surface area contributed by atoms with Crippen LogP contribution in [0.3, 0.4) is 0 Å². The van der Waals surface area contributed by atoms with Gasteiger partial charge in [-0.25, -0.2) is 0 Å². The van der Waals surface area contributed by atoms with Gasteiger partial charge in [0, 0.05) is 22.9 Å². The number of hydrogen-bond acceptors (Lipinski definition) is 5. The third kappa shape index (κ3) is 2.60. The Hall–Kier alpha value is -2.99. The fourth-order valence-corrected chi connectivity index (χ4v) is 2.42. The number of benzene rings is 3. The minimum Gasteiger partial charge on any atom is -0.506 e. The second-order valence-electron chi connectivity index (χ2n) is 4.74. The topological polar surface area (TPSA) is 92.8 Å². The Labute approximate surface area is 135 Å². The molecular weight excluding hydrogens is 322 g/mol. The number of ether oxygens (including phenoxy) is 1. The van der Waals surface area contributed by atoms with Gasteiger partial charge in [-0.2, -0.15) is 0 Å². The van der Waals surface area contributed by atoms with E-state index < -0.39 is 4.92 Å². The molecule has 0 saturated carbocycles. The van der Waals surface area contributed by atoms with Crippen LogP contribution in [-0.4, -0.2) is 15.1 Å². The second kappa shape index (κ2) is 5.66. The highest BCUT2D eigenvalue weighted by molar-refractivity contribution is 6.35. The maximum atomic E-state index is 10.6. The van der Waals surface area contributed by atoms with Crippen LogP contribution in [0, 0.1) is 10.1 Å². The van der Waals surface area contributed by atoms with Crippen LogP contribution < -0.4 is 4.74 Å². The molecule has 2 N–H and O–H groups in total. The zero-order valence-electron chi connectivity index (χ0n) is 11.6. The minimum absolute atomic E-state index is 0.0889. The molecule has 0 aliphatic heterocycles. The quantitative estimate of drug-likeness (QED) is 0.415. The lowest BCUT2D eigenvalue weighted by atomic mass is 10.1. The lowest BCUT2D eigenvalue weighted by Gasteiger charge is -2.13. The molecule has 0 spiro atoms. The van der Waals surface area contributed by atoms with Gasteiger partial charge in [-0.15, -0.1) is 0 Å². The van der Waals surface area contributed by atoms with Gasteiger partial charge < -0.3 is 14.9 Å². The predicted octanol–water partition coefficient (Wildman–Crippen LogP) is 4.60. The number of hydrogen-bond donors (Lipinski definition) is 2. The zero-order chi connectivity index (χ0) is 16.6. The lowest BCUT2D eigenvalue weighted by Crippen LogP contribution is -1.90.